The number of hydrogen-bond acceptors (Lipinski definition) is 4. The lowest BCUT2D eigenvalue weighted by Crippen LogP contribution is -2.26. The van der Waals surface area contributed by atoms with E-state index in [1.165, 1.54) is 7.11 Å². The number of furan rings is 1. The molecule has 2 rings (SSSR count). The topological polar surface area (TPSA) is 68.7 Å². The van der Waals surface area contributed by atoms with Crippen LogP contribution in [0.15, 0.2) is 34.9 Å². The molecule has 0 fully saturated rings. The number of amides is 1. The number of aryl methyl sites for hydroxylation is 1. The summed E-state index contributed by atoms with van der Waals surface area (Å²) in [6.45, 7) is 2.34. The quantitative estimate of drug-likeness (QED) is 0.869. The molecule has 0 unspecified atom stereocenters. The van der Waals surface area contributed by atoms with Gasteiger partial charge in [0.2, 0.25) is 0 Å². The number of nitrogens with two attached hydrogens (primary N) is 1. The van der Waals surface area contributed by atoms with Crippen molar-refractivity contribution in [2.24, 2.45) is 0 Å². The third kappa shape index (κ3) is 2.61. The molecule has 0 bridgehead atoms. The molecule has 5 heteroatoms. The van der Waals surface area contributed by atoms with Crippen LogP contribution >= 0.6 is 0 Å². The summed E-state index contributed by atoms with van der Waals surface area (Å²) in [6, 6.07) is 7.00. The number of anilines is 1. The fraction of sp³-hybridized carbons (Fsp3) is 0.267. The van der Waals surface area contributed by atoms with Gasteiger partial charge in [-0.05, 0) is 25.1 Å². The van der Waals surface area contributed by atoms with Crippen molar-refractivity contribution in [1.82, 2.24) is 4.90 Å². The van der Waals surface area contributed by atoms with Crippen LogP contribution in [0.4, 0.5) is 5.69 Å². The zero-order valence-electron chi connectivity index (χ0n) is 11.8. The molecule has 106 valence electrons. The highest BCUT2D eigenvalue weighted by Crippen LogP contribution is 2.27. The van der Waals surface area contributed by atoms with Gasteiger partial charge in [-0.3, -0.25) is 4.79 Å². The summed E-state index contributed by atoms with van der Waals surface area (Å²) in [7, 11) is 3.24. The predicted molar refractivity (Wildman–Crippen MR) is 76.6 cm³/mol. The molecule has 0 aliphatic rings. The van der Waals surface area contributed by atoms with Crippen molar-refractivity contribution in [3.8, 4) is 5.75 Å². The van der Waals surface area contributed by atoms with E-state index in [1.54, 1.807) is 36.4 Å². The molecule has 0 atom stereocenters. The summed E-state index contributed by atoms with van der Waals surface area (Å²) in [6.07, 6.45) is 1.62. The number of para-hydroxylation sites is 1. The highest BCUT2D eigenvalue weighted by molar-refractivity contribution is 5.98. The highest BCUT2D eigenvalue weighted by Gasteiger charge is 2.19. The van der Waals surface area contributed by atoms with E-state index in [1.807, 2.05) is 13.0 Å². The molecule has 1 aromatic carbocycles. The van der Waals surface area contributed by atoms with Gasteiger partial charge in [0, 0.05) is 19.2 Å². The monoisotopic (exact) mass is 274 g/mol. The molecular weight excluding hydrogens is 256 g/mol. The number of rotatable bonds is 4. The first-order chi connectivity index (χ1) is 9.54. The Bertz CT molecular complexity index is 619. The number of ether oxygens (including phenoxy) is 1. The smallest absolute Gasteiger partial charge is 0.257 e. The molecule has 1 amide bonds. The minimum Gasteiger partial charge on any atom is -0.494 e. The SMILES string of the molecule is COc1c(N)cccc1C(=O)N(C)Cc1ccoc1C. The number of nitrogens with zero attached hydrogens (tertiary/aromatic N) is 1. The van der Waals surface area contributed by atoms with Gasteiger partial charge in [-0.2, -0.15) is 0 Å². The predicted octanol–water partition coefficient (Wildman–Crippen LogP) is 2.45. The summed E-state index contributed by atoms with van der Waals surface area (Å²) in [4.78, 5) is 14.1. The summed E-state index contributed by atoms with van der Waals surface area (Å²) < 4.78 is 10.4. The Hall–Kier alpha value is -2.43. The van der Waals surface area contributed by atoms with Crippen LogP contribution in [-0.2, 0) is 6.54 Å². The number of methoxy groups -OCH3 is 1. The molecule has 1 aromatic heterocycles. The van der Waals surface area contributed by atoms with Gasteiger partial charge < -0.3 is 19.8 Å². The van der Waals surface area contributed by atoms with Crippen molar-refractivity contribution in [3.63, 3.8) is 0 Å². The third-order valence-corrected chi connectivity index (χ3v) is 3.20. The molecule has 0 radical (unpaired) electrons. The van der Waals surface area contributed by atoms with Crippen LogP contribution in [0.2, 0.25) is 0 Å². The molecule has 0 spiro atoms. The van der Waals surface area contributed by atoms with Gasteiger partial charge in [0.1, 0.15) is 5.76 Å². The lowest BCUT2D eigenvalue weighted by atomic mass is 10.1. The molecule has 2 N–H and O–H groups in total. The summed E-state index contributed by atoms with van der Waals surface area (Å²) in [5.74, 6) is 1.08. The maximum Gasteiger partial charge on any atom is 0.257 e. The van der Waals surface area contributed by atoms with E-state index >= 15 is 0 Å². The van der Waals surface area contributed by atoms with Crippen molar-refractivity contribution in [1.29, 1.82) is 0 Å². The Balaban J connectivity index is 2.23. The molecule has 1 heterocycles. The maximum absolute atomic E-state index is 12.5. The molecule has 0 aliphatic heterocycles. The van der Waals surface area contributed by atoms with Crippen molar-refractivity contribution >= 4 is 11.6 Å². The number of hydrogen-bond donors (Lipinski definition) is 1. The Morgan fingerprint density at radius 2 is 2.15 bits per heavy atom. The van der Waals surface area contributed by atoms with E-state index < -0.39 is 0 Å². The average molecular weight is 274 g/mol. The Morgan fingerprint density at radius 1 is 1.40 bits per heavy atom. The third-order valence-electron chi connectivity index (χ3n) is 3.20. The van der Waals surface area contributed by atoms with Crippen molar-refractivity contribution in [2.45, 2.75) is 13.5 Å². The zero-order valence-corrected chi connectivity index (χ0v) is 11.8. The molecule has 0 saturated heterocycles. The Morgan fingerprint density at radius 3 is 2.75 bits per heavy atom. The lowest BCUT2D eigenvalue weighted by molar-refractivity contribution is 0.0781. The largest absolute Gasteiger partial charge is 0.494 e. The van der Waals surface area contributed by atoms with Crippen molar-refractivity contribution in [3.05, 3.63) is 47.4 Å². The first-order valence-electron chi connectivity index (χ1n) is 6.25. The standard InChI is InChI=1S/C15H18N2O3/c1-10-11(7-8-20-10)9-17(2)15(18)12-5-4-6-13(16)14(12)19-3/h4-8H,9,16H2,1-3H3. The van der Waals surface area contributed by atoms with E-state index in [-0.39, 0.29) is 5.91 Å². The molecule has 20 heavy (non-hydrogen) atoms. The minimum atomic E-state index is -0.144. The Kier molecular flexibility index (Phi) is 3.98. The lowest BCUT2D eigenvalue weighted by Gasteiger charge is -2.19. The van der Waals surface area contributed by atoms with Gasteiger partial charge in [-0.25, -0.2) is 0 Å². The first-order valence-corrected chi connectivity index (χ1v) is 6.25. The first kappa shape index (κ1) is 14.0. The van der Waals surface area contributed by atoms with Crippen LogP contribution < -0.4 is 10.5 Å². The van der Waals surface area contributed by atoms with E-state index in [9.17, 15) is 4.79 Å². The molecule has 0 saturated carbocycles. The van der Waals surface area contributed by atoms with E-state index in [0.717, 1.165) is 11.3 Å². The van der Waals surface area contributed by atoms with Crippen LogP contribution in [0.25, 0.3) is 0 Å². The van der Waals surface area contributed by atoms with Gasteiger partial charge in [0.15, 0.2) is 5.75 Å². The Labute approximate surface area is 117 Å². The molecule has 0 aliphatic carbocycles. The molecule has 5 nitrogen and oxygen atoms in total. The maximum atomic E-state index is 12.5. The van der Waals surface area contributed by atoms with Gasteiger partial charge >= 0.3 is 0 Å². The van der Waals surface area contributed by atoms with E-state index in [0.29, 0.717) is 23.5 Å². The average Bonchev–Trinajstić information content (AvgIpc) is 2.83. The molecule has 2 aromatic rings. The van der Waals surface area contributed by atoms with Crippen LogP contribution in [-0.4, -0.2) is 25.0 Å². The number of benzene rings is 1. The second-order valence-corrected chi connectivity index (χ2v) is 4.59. The van der Waals surface area contributed by atoms with Crippen molar-refractivity contribution < 1.29 is 13.9 Å². The summed E-state index contributed by atoms with van der Waals surface area (Å²) in [5.41, 5.74) is 7.70. The van der Waals surface area contributed by atoms with Gasteiger partial charge in [-0.15, -0.1) is 0 Å². The molecular formula is C15H18N2O3. The summed E-state index contributed by atoms with van der Waals surface area (Å²) >= 11 is 0. The fourth-order valence-corrected chi connectivity index (χ4v) is 2.06. The van der Waals surface area contributed by atoms with Crippen LogP contribution in [0.1, 0.15) is 21.7 Å². The van der Waals surface area contributed by atoms with Gasteiger partial charge in [0.25, 0.3) is 5.91 Å². The zero-order chi connectivity index (χ0) is 14.7. The van der Waals surface area contributed by atoms with Gasteiger partial charge in [-0.1, -0.05) is 6.07 Å². The van der Waals surface area contributed by atoms with Crippen LogP contribution in [0.5, 0.6) is 5.75 Å². The fourth-order valence-electron chi connectivity index (χ4n) is 2.06. The number of nitrogen functional groups attached to an aromatic ring is 1. The number of carbonyl (C=O) groups excluding carboxylic acids is 1. The van der Waals surface area contributed by atoms with Crippen LogP contribution in [0, 0.1) is 6.92 Å². The van der Waals surface area contributed by atoms with Gasteiger partial charge in [0.05, 0.1) is 24.6 Å². The van der Waals surface area contributed by atoms with Crippen LogP contribution in [0.3, 0.4) is 0 Å². The highest BCUT2D eigenvalue weighted by atomic mass is 16.5. The normalized spacial score (nSPS) is 10.3. The van der Waals surface area contributed by atoms with E-state index in [2.05, 4.69) is 0 Å². The number of carbonyl (C=O) groups is 1. The van der Waals surface area contributed by atoms with E-state index in [4.69, 9.17) is 14.9 Å². The van der Waals surface area contributed by atoms with Crippen molar-refractivity contribution in [2.75, 3.05) is 19.9 Å². The second kappa shape index (κ2) is 5.69. The summed E-state index contributed by atoms with van der Waals surface area (Å²) in [5, 5.41) is 0. The minimum absolute atomic E-state index is 0.144. The second-order valence-electron chi connectivity index (χ2n) is 4.59.